The van der Waals surface area contributed by atoms with Crippen LogP contribution in [0.25, 0.3) is 11.0 Å². The summed E-state index contributed by atoms with van der Waals surface area (Å²) >= 11 is 0. The van der Waals surface area contributed by atoms with Crippen molar-refractivity contribution in [1.82, 2.24) is 15.0 Å². The van der Waals surface area contributed by atoms with Gasteiger partial charge < -0.3 is 4.98 Å². The highest BCUT2D eigenvalue weighted by molar-refractivity contribution is 5.72. The summed E-state index contributed by atoms with van der Waals surface area (Å²) in [4.78, 5) is 20.6. The fraction of sp³-hybridized carbons (Fsp3) is 0.364. The zero-order valence-corrected chi connectivity index (χ0v) is 9.51. The molecule has 0 aliphatic carbocycles. The highest BCUT2D eigenvalue weighted by Gasteiger charge is 2.34. The molecule has 0 bridgehead atoms. The SMILES string of the molecule is CCCc1ccc2nc(C(F)(F)F)[nH]c(=O)c2n1. The second-order valence-corrected chi connectivity index (χ2v) is 3.83. The summed E-state index contributed by atoms with van der Waals surface area (Å²) in [5, 5.41) is 0. The van der Waals surface area contributed by atoms with E-state index in [2.05, 4.69) is 9.97 Å². The van der Waals surface area contributed by atoms with Crippen molar-refractivity contribution in [3.05, 3.63) is 34.0 Å². The van der Waals surface area contributed by atoms with Crippen LogP contribution in [0.5, 0.6) is 0 Å². The number of fused-ring (bicyclic) bond motifs is 1. The molecule has 0 aliphatic rings. The minimum atomic E-state index is -4.67. The van der Waals surface area contributed by atoms with Gasteiger partial charge >= 0.3 is 6.18 Å². The lowest BCUT2D eigenvalue weighted by molar-refractivity contribution is -0.144. The summed E-state index contributed by atoms with van der Waals surface area (Å²) in [5.41, 5.74) is -0.317. The van der Waals surface area contributed by atoms with Gasteiger partial charge in [-0.2, -0.15) is 13.2 Å². The maximum absolute atomic E-state index is 12.4. The van der Waals surface area contributed by atoms with E-state index >= 15 is 0 Å². The van der Waals surface area contributed by atoms with Gasteiger partial charge in [-0.1, -0.05) is 13.3 Å². The molecule has 0 atom stereocenters. The molecule has 1 N–H and O–H groups in total. The molecule has 0 saturated carbocycles. The number of H-pyrrole nitrogens is 1. The minimum absolute atomic E-state index is 0.0501. The standard InChI is InChI=1S/C11H10F3N3O/c1-2-3-6-4-5-7-8(15-6)9(18)17-10(16-7)11(12,13)14/h4-5H,2-3H2,1H3,(H,16,17,18). The van der Waals surface area contributed by atoms with Crippen LogP contribution >= 0.6 is 0 Å². The van der Waals surface area contributed by atoms with Crippen LogP contribution in [0.3, 0.4) is 0 Å². The van der Waals surface area contributed by atoms with Crippen molar-refractivity contribution in [2.75, 3.05) is 0 Å². The lowest BCUT2D eigenvalue weighted by Gasteiger charge is -2.06. The van der Waals surface area contributed by atoms with E-state index in [-0.39, 0.29) is 11.0 Å². The van der Waals surface area contributed by atoms with Crippen LogP contribution in [0.15, 0.2) is 16.9 Å². The first-order valence-corrected chi connectivity index (χ1v) is 5.39. The van der Waals surface area contributed by atoms with Crippen molar-refractivity contribution in [2.24, 2.45) is 0 Å². The van der Waals surface area contributed by atoms with Gasteiger partial charge in [0.2, 0.25) is 5.82 Å². The van der Waals surface area contributed by atoms with E-state index in [1.54, 1.807) is 11.1 Å². The van der Waals surface area contributed by atoms with E-state index in [0.717, 1.165) is 6.42 Å². The number of nitrogens with zero attached hydrogens (tertiary/aromatic N) is 2. The number of nitrogens with one attached hydrogen (secondary N) is 1. The highest BCUT2D eigenvalue weighted by Crippen LogP contribution is 2.25. The molecule has 2 rings (SSSR count). The maximum Gasteiger partial charge on any atom is 0.449 e. The fourth-order valence-electron chi connectivity index (χ4n) is 1.59. The second kappa shape index (κ2) is 4.40. The van der Waals surface area contributed by atoms with Crippen molar-refractivity contribution in [3.8, 4) is 0 Å². The van der Waals surface area contributed by atoms with Crippen LogP contribution in [0.1, 0.15) is 24.9 Å². The molecule has 2 aromatic rings. The van der Waals surface area contributed by atoms with E-state index in [0.29, 0.717) is 12.1 Å². The van der Waals surface area contributed by atoms with E-state index in [9.17, 15) is 18.0 Å². The number of aryl methyl sites for hydroxylation is 1. The predicted molar refractivity (Wildman–Crippen MR) is 59.2 cm³/mol. The molecule has 0 unspecified atom stereocenters. The van der Waals surface area contributed by atoms with E-state index < -0.39 is 17.6 Å². The molecule has 0 saturated heterocycles. The smallest absolute Gasteiger partial charge is 0.301 e. The van der Waals surface area contributed by atoms with Crippen LogP contribution in [0.4, 0.5) is 13.2 Å². The molecule has 7 heteroatoms. The Bertz CT molecular complexity index is 633. The second-order valence-electron chi connectivity index (χ2n) is 3.83. The number of rotatable bonds is 2. The van der Waals surface area contributed by atoms with Crippen molar-refractivity contribution >= 4 is 11.0 Å². The lowest BCUT2D eigenvalue weighted by Crippen LogP contribution is -2.20. The Kier molecular flexibility index (Phi) is 3.06. The predicted octanol–water partition coefficient (Wildman–Crippen LogP) is 2.29. The zero-order valence-electron chi connectivity index (χ0n) is 9.51. The van der Waals surface area contributed by atoms with Crippen molar-refractivity contribution in [1.29, 1.82) is 0 Å². The molecule has 2 heterocycles. The molecular weight excluding hydrogens is 247 g/mol. The zero-order chi connectivity index (χ0) is 13.3. The maximum atomic E-state index is 12.4. The third-order valence-corrected chi connectivity index (χ3v) is 2.39. The van der Waals surface area contributed by atoms with Crippen LogP contribution in [0, 0.1) is 0 Å². The topological polar surface area (TPSA) is 58.6 Å². The summed E-state index contributed by atoms with van der Waals surface area (Å²) < 4.78 is 37.3. The van der Waals surface area contributed by atoms with Crippen LogP contribution in [-0.2, 0) is 12.6 Å². The van der Waals surface area contributed by atoms with Gasteiger partial charge in [0, 0.05) is 5.69 Å². The number of hydrogen-bond acceptors (Lipinski definition) is 3. The van der Waals surface area contributed by atoms with Gasteiger partial charge in [-0.05, 0) is 18.6 Å². The van der Waals surface area contributed by atoms with E-state index in [1.807, 2.05) is 6.92 Å². The molecule has 0 radical (unpaired) electrons. The average Bonchev–Trinajstić information content (AvgIpc) is 2.29. The Labute approximate surface area is 99.9 Å². The quantitative estimate of drug-likeness (QED) is 0.897. The van der Waals surface area contributed by atoms with Gasteiger partial charge in [0.05, 0.1) is 5.52 Å². The van der Waals surface area contributed by atoms with Crippen molar-refractivity contribution in [3.63, 3.8) is 0 Å². The summed E-state index contributed by atoms with van der Waals surface area (Å²) in [5.74, 6) is -1.30. The molecule has 4 nitrogen and oxygen atoms in total. The van der Waals surface area contributed by atoms with Gasteiger partial charge in [0.1, 0.15) is 0 Å². The highest BCUT2D eigenvalue weighted by atomic mass is 19.4. The summed E-state index contributed by atoms with van der Waals surface area (Å²) in [6, 6.07) is 2.97. The van der Waals surface area contributed by atoms with Gasteiger partial charge in [0.15, 0.2) is 5.52 Å². The number of hydrogen-bond donors (Lipinski definition) is 1. The third-order valence-electron chi connectivity index (χ3n) is 2.39. The molecule has 18 heavy (non-hydrogen) atoms. The first-order chi connectivity index (χ1) is 8.41. The lowest BCUT2D eigenvalue weighted by atomic mass is 10.2. The largest absolute Gasteiger partial charge is 0.449 e. The van der Waals surface area contributed by atoms with Gasteiger partial charge in [-0.25, -0.2) is 9.97 Å². The normalized spacial score (nSPS) is 12.0. The van der Waals surface area contributed by atoms with Crippen LogP contribution in [-0.4, -0.2) is 15.0 Å². The molecule has 2 aromatic heterocycles. The number of aromatic nitrogens is 3. The first-order valence-electron chi connectivity index (χ1n) is 5.39. The summed E-state index contributed by atoms with van der Waals surface area (Å²) in [6.07, 6.45) is -3.17. The summed E-state index contributed by atoms with van der Waals surface area (Å²) in [7, 11) is 0. The molecule has 0 fully saturated rings. The number of halogens is 3. The molecule has 0 amide bonds. The minimum Gasteiger partial charge on any atom is -0.301 e. The number of aromatic amines is 1. The Balaban J connectivity index is 2.63. The molecule has 0 aliphatic heterocycles. The third kappa shape index (κ3) is 2.34. The molecule has 0 spiro atoms. The Morgan fingerprint density at radius 3 is 2.61 bits per heavy atom. The van der Waals surface area contributed by atoms with E-state index in [4.69, 9.17) is 0 Å². The van der Waals surface area contributed by atoms with Crippen molar-refractivity contribution < 1.29 is 13.2 Å². The Morgan fingerprint density at radius 2 is 2.00 bits per heavy atom. The molecular formula is C11H10F3N3O. The van der Waals surface area contributed by atoms with Gasteiger partial charge in [0.25, 0.3) is 5.56 Å². The Hall–Kier alpha value is -1.92. The van der Waals surface area contributed by atoms with Crippen LogP contribution < -0.4 is 5.56 Å². The van der Waals surface area contributed by atoms with Gasteiger partial charge in [-0.3, -0.25) is 4.79 Å². The van der Waals surface area contributed by atoms with Gasteiger partial charge in [-0.15, -0.1) is 0 Å². The van der Waals surface area contributed by atoms with E-state index in [1.165, 1.54) is 6.07 Å². The monoisotopic (exact) mass is 257 g/mol. The number of alkyl halides is 3. The fourth-order valence-corrected chi connectivity index (χ4v) is 1.59. The van der Waals surface area contributed by atoms with Crippen molar-refractivity contribution in [2.45, 2.75) is 25.9 Å². The number of pyridine rings is 1. The van der Waals surface area contributed by atoms with Crippen LogP contribution in [0.2, 0.25) is 0 Å². The average molecular weight is 257 g/mol. The first kappa shape index (κ1) is 12.5. The Morgan fingerprint density at radius 1 is 1.28 bits per heavy atom. The summed E-state index contributed by atoms with van der Waals surface area (Å²) in [6.45, 7) is 1.95. The molecule has 96 valence electrons. The molecule has 0 aromatic carbocycles.